The van der Waals surface area contributed by atoms with E-state index in [0.29, 0.717) is 0 Å². The molecule has 12 aromatic carbocycles. The predicted octanol–water partition coefficient (Wildman–Crippen LogP) is 17.7. The highest BCUT2D eigenvalue weighted by Gasteiger charge is 2.24. The molecule has 0 aromatic heterocycles. The molecule has 0 heterocycles. The molecule has 0 unspecified atom stereocenters. The van der Waals surface area contributed by atoms with Crippen molar-refractivity contribution in [3.05, 3.63) is 255 Å². The van der Waals surface area contributed by atoms with E-state index in [1.165, 1.54) is 76.1 Å². The van der Waals surface area contributed by atoms with Crippen LogP contribution in [0.15, 0.2) is 255 Å². The van der Waals surface area contributed by atoms with Crippen molar-refractivity contribution < 1.29 is 0 Å². The largest absolute Gasteiger partial charge is 0.310 e. The monoisotopic (exact) mass is 814 g/mol. The van der Waals surface area contributed by atoms with Crippen molar-refractivity contribution in [2.24, 2.45) is 0 Å². The Morgan fingerprint density at radius 2 is 0.672 bits per heavy atom. The first kappa shape index (κ1) is 37.3. The quantitative estimate of drug-likeness (QED) is 0.111. The lowest BCUT2D eigenvalue weighted by Gasteiger charge is -2.29. The Bertz CT molecular complexity index is 3610. The molecule has 0 spiro atoms. The molecule has 0 radical (unpaired) electrons. The molecule has 2 heteroatoms. The lowest BCUT2D eigenvalue weighted by atomic mass is 9.83. The third-order valence-corrected chi connectivity index (χ3v) is 12.8. The molecule has 0 aliphatic rings. The molecular formula is C62H42N2. The molecule has 0 aliphatic heterocycles. The smallest absolute Gasteiger partial charge is 0.0540 e. The number of anilines is 6. The minimum absolute atomic E-state index is 1.09. The Hall–Kier alpha value is -8.46. The molecule has 12 aromatic rings. The summed E-state index contributed by atoms with van der Waals surface area (Å²) in [5, 5.41) is 12.2. The average molecular weight is 815 g/mol. The first-order chi connectivity index (χ1) is 31.8. The van der Waals surface area contributed by atoms with Crippen LogP contribution in [0.4, 0.5) is 34.1 Å². The maximum atomic E-state index is 2.44. The Balaban J connectivity index is 1.23. The molecule has 2 nitrogen and oxygen atoms in total. The van der Waals surface area contributed by atoms with Crippen LogP contribution in [0.25, 0.3) is 76.1 Å². The highest BCUT2D eigenvalue weighted by atomic mass is 15.1. The lowest BCUT2D eigenvalue weighted by Crippen LogP contribution is -2.10. The van der Waals surface area contributed by atoms with Crippen LogP contribution < -0.4 is 9.80 Å². The number of benzene rings is 12. The van der Waals surface area contributed by atoms with Crippen molar-refractivity contribution in [3.8, 4) is 22.3 Å². The second kappa shape index (κ2) is 15.8. The van der Waals surface area contributed by atoms with Gasteiger partial charge in [-0.3, -0.25) is 0 Å². The fourth-order valence-corrected chi connectivity index (χ4v) is 9.96. The van der Waals surface area contributed by atoms with Gasteiger partial charge in [0.05, 0.1) is 5.69 Å². The zero-order chi connectivity index (χ0) is 42.4. The van der Waals surface area contributed by atoms with Gasteiger partial charge in [0, 0.05) is 33.8 Å². The van der Waals surface area contributed by atoms with Gasteiger partial charge >= 0.3 is 0 Å². The number of para-hydroxylation sites is 3. The second-order valence-corrected chi connectivity index (χ2v) is 16.4. The number of hydrogen-bond donors (Lipinski definition) is 0. The van der Waals surface area contributed by atoms with Crippen LogP contribution in [0.2, 0.25) is 0 Å². The van der Waals surface area contributed by atoms with E-state index in [0.717, 1.165) is 34.1 Å². The van der Waals surface area contributed by atoms with Crippen LogP contribution in [-0.4, -0.2) is 0 Å². The first-order valence-electron chi connectivity index (χ1n) is 22.0. The maximum absolute atomic E-state index is 2.44. The highest BCUT2D eigenvalue weighted by molar-refractivity contribution is 6.26. The molecule has 12 rings (SSSR count). The molecule has 0 fully saturated rings. The fourth-order valence-electron chi connectivity index (χ4n) is 9.96. The predicted molar refractivity (Wildman–Crippen MR) is 274 cm³/mol. The molecule has 64 heavy (non-hydrogen) atoms. The average Bonchev–Trinajstić information content (AvgIpc) is 3.37. The van der Waals surface area contributed by atoms with Crippen molar-refractivity contribution >= 4 is 88.0 Å². The Kier molecular flexibility index (Phi) is 9.20. The van der Waals surface area contributed by atoms with E-state index in [9.17, 15) is 0 Å². The standard InChI is InChI=1S/C62H42N2/c1-5-21-44(22-6-1)61-55-38-36-49(63(46-25-7-2-8-26-46)47-27-9-3-10-28-47)41-59(55)62(57-40-45-23-14-15-31-51(45)53-33-17-18-34-54(53)57)56-39-37-50(42-58(56)61)64(48-29-11-4-12-30-48)60-35-19-24-43-20-13-16-32-52(43)60/h1-42H. The van der Waals surface area contributed by atoms with Crippen LogP contribution in [0, 0.1) is 0 Å². The summed E-state index contributed by atoms with van der Waals surface area (Å²) < 4.78 is 0. The zero-order valence-corrected chi connectivity index (χ0v) is 35.1. The van der Waals surface area contributed by atoms with E-state index in [2.05, 4.69) is 265 Å². The summed E-state index contributed by atoms with van der Waals surface area (Å²) in [5.41, 5.74) is 11.5. The molecule has 300 valence electrons. The van der Waals surface area contributed by atoms with Gasteiger partial charge in [-0.25, -0.2) is 0 Å². The van der Waals surface area contributed by atoms with Crippen LogP contribution >= 0.6 is 0 Å². The lowest BCUT2D eigenvalue weighted by molar-refractivity contribution is 1.29. The van der Waals surface area contributed by atoms with Crippen LogP contribution in [-0.2, 0) is 0 Å². The van der Waals surface area contributed by atoms with Crippen molar-refractivity contribution in [2.45, 2.75) is 0 Å². The summed E-state index contributed by atoms with van der Waals surface area (Å²) >= 11 is 0. The van der Waals surface area contributed by atoms with Gasteiger partial charge in [0.25, 0.3) is 0 Å². The molecule has 0 N–H and O–H groups in total. The Labute approximate surface area is 373 Å². The number of hydrogen-bond acceptors (Lipinski definition) is 2. The summed E-state index contributed by atoms with van der Waals surface area (Å²) in [6.07, 6.45) is 0. The fraction of sp³-hybridized carbons (Fsp3) is 0. The van der Waals surface area contributed by atoms with E-state index in [4.69, 9.17) is 0 Å². The Morgan fingerprint density at radius 3 is 1.31 bits per heavy atom. The second-order valence-electron chi connectivity index (χ2n) is 16.4. The number of fused-ring (bicyclic) bond motifs is 6. The number of nitrogens with zero attached hydrogens (tertiary/aromatic N) is 2. The highest BCUT2D eigenvalue weighted by Crippen LogP contribution is 2.50. The molecule has 0 bridgehead atoms. The summed E-state index contributed by atoms with van der Waals surface area (Å²) in [6.45, 7) is 0. The van der Waals surface area contributed by atoms with Gasteiger partial charge in [-0.2, -0.15) is 0 Å². The molecule has 0 saturated heterocycles. The third-order valence-electron chi connectivity index (χ3n) is 12.8. The van der Waals surface area contributed by atoms with Crippen molar-refractivity contribution in [3.63, 3.8) is 0 Å². The molecule has 0 aliphatic carbocycles. The van der Waals surface area contributed by atoms with Gasteiger partial charge in [-0.1, -0.05) is 182 Å². The molecular weight excluding hydrogens is 773 g/mol. The number of rotatable bonds is 8. The molecule has 0 amide bonds. The van der Waals surface area contributed by atoms with Crippen LogP contribution in [0.3, 0.4) is 0 Å². The maximum Gasteiger partial charge on any atom is 0.0540 e. The normalized spacial score (nSPS) is 11.4. The van der Waals surface area contributed by atoms with E-state index in [-0.39, 0.29) is 0 Å². The topological polar surface area (TPSA) is 6.48 Å². The van der Waals surface area contributed by atoms with Crippen LogP contribution in [0.1, 0.15) is 0 Å². The SMILES string of the molecule is c1ccc(-c2c3cc(N(c4ccccc4)c4cccc5ccccc45)ccc3c(-c3cc4ccccc4c4ccccc34)c3cc(N(c4ccccc4)c4ccccc4)ccc23)cc1. The minimum Gasteiger partial charge on any atom is -0.310 e. The van der Waals surface area contributed by atoms with Gasteiger partial charge < -0.3 is 9.80 Å². The van der Waals surface area contributed by atoms with Gasteiger partial charge in [0.15, 0.2) is 0 Å². The van der Waals surface area contributed by atoms with Crippen molar-refractivity contribution in [1.82, 2.24) is 0 Å². The van der Waals surface area contributed by atoms with Gasteiger partial charge in [0.1, 0.15) is 0 Å². The Morgan fingerprint density at radius 1 is 0.219 bits per heavy atom. The third kappa shape index (κ3) is 6.35. The minimum atomic E-state index is 1.09. The van der Waals surface area contributed by atoms with Crippen molar-refractivity contribution in [1.29, 1.82) is 0 Å². The summed E-state index contributed by atoms with van der Waals surface area (Å²) in [5.74, 6) is 0. The van der Waals surface area contributed by atoms with E-state index in [1.54, 1.807) is 0 Å². The van der Waals surface area contributed by atoms with Gasteiger partial charge in [-0.05, 0) is 144 Å². The van der Waals surface area contributed by atoms with Crippen molar-refractivity contribution in [2.75, 3.05) is 9.80 Å². The first-order valence-corrected chi connectivity index (χ1v) is 22.0. The summed E-state index contributed by atoms with van der Waals surface area (Å²) in [6, 6.07) is 92.9. The van der Waals surface area contributed by atoms with E-state index in [1.807, 2.05) is 0 Å². The summed E-state index contributed by atoms with van der Waals surface area (Å²) in [4.78, 5) is 4.80. The summed E-state index contributed by atoms with van der Waals surface area (Å²) in [7, 11) is 0. The van der Waals surface area contributed by atoms with E-state index < -0.39 is 0 Å². The molecule has 0 atom stereocenters. The van der Waals surface area contributed by atoms with Gasteiger partial charge in [0.2, 0.25) is 0 Å². The molecule has 0 saturated carbocycles. The van der Waals surface area contributed by atoms with Crippen LogP contribution in [0.5, 0.6) is 0 Å². The van der Waals surface area contributed by atoms with Gasteiger partial charge in [-0.15, -0.1) is 0 Å². The zero-order valence-electron chi connectivity index (χ0n) is 35.1. The van der Waals surface area contributed by atoms with E-state index >= 15 is 0 Å².